The molecule has 0 bridgehead atoms. The van der Waals surface area contributed by atoms with Crippen LogP contribution in [0, 0.1) is 5.41 Å². The van der Waals surface area contributed by atoms with Crippen molar-refractivity contribution >= 4 is 11.9 Å². The molecule has 0 aliphatic carbocycles. The molecule has 30 heavy (non-hydrogen) atoms. The molecule has 2 aromatic carbocycles. The Morgan fingerprint density at radius 2 is 1.70 bits per heavy atom. The SMILES string of the molecule is CCNC(=NCC(C)(C)Cc1ccccc1)NCCc1cccc(C(=O)N(C)C)c1. The number of nitrogens with one attached hydrogen (secondary N) is 2. The molecule has 0 aliphatic heterocycles. The van der Waals surface area contributed by atoms with Gasteiger partial charge in [0.2, 0.25) is 0 Å². The number of amides is 1. The van der Waals surface area contributed by atoms with Crippen LogP contribution in [-0.4, -0.2) is 50.5 Å². The van der Waals surface area contributed by atoms with Gasteiger partial charge < -0.3 is 15.5 Å². The predicted octanol–water partition coefficient (Wildman–Crippen LogP) is 3.75. The van der Waals surface area contributed by atoms with Crippen LogP contribution in [0.4, 0.5) is 0 Å². The van der Waals surface area contributed by atoms with Gasteiger partial charge in [-0.25, -0.2) is 0 Å². The third kappa shape index (κ3) is 7.90. The molecule has 5 heteroatoms. The van der Waals surface area contributed by atoms with Gasteiger partial charge in [0.05, 0.1) is 0 Å². The summed E-state index contributed by atoms with van der Waals surface area (Å²) in [5, 5.41) is 6.75. The van der Waals surface area contributed by atoms with E-state index in [1.54, 1.807) is 19.0 Å². The molecule has 0 spiro atoms. The second-order valence-electron chi connectivity index (χ2n) is 8.60. The average molecular weight is 409 g/mol. The van der Waals surface area contributed by atoms with Crippen molar-refractivity contribution in [3.63, 3.8) is 0 Å². The largest absolute Gasteiger partial charge is 0.357 e. The third-order valence-electron chi connectivity index (χ3n) is 4.82. The van der Waals surface area contributed by atoms with Crippen LogP contribution in [0.1, 0.15) is 42.3 Å². The number of hydrogen-bond donors (Lipinski definition) is 2. The summed E-state index contributed by atoms with van der Waals surface area (Å²) in [7, 11) is 3.55. The molecule has 0 fully saturated rings. The van der Waals surface area contributed by atoms with Crippen molar-refractivity contribution < 1.29 is 4.79 Å². The number of rotatable bonds is 9. The van der Waals surface area contributed by atoms with Gasteiger partial charge in [0, 0.05) is 39.3 Å². The summed E-state index contributed by atoms with van der Waals surface area (Å²) in [6.45, 7) is 8.88. The highest BCUT2D eigenvalue weighted by atomic mass is 16.2. The summed E-state index contributed by atoms with van der Waals surface area (Å²) in [6, 6.07) is 18.4. The van der Waals surface area contributed by atoms with E-state index in [4.69, 9.17) is 4.99 Å². The first-order valence-corrected chi connectivity index (χ1v) is 10.7. The maximum atomic E-state index is 12.2. The van der Waals surface area contributed by atoms with Gasteiger partial charge in [-0.2, -0.15) is 0 Å². The molecular weight excluding hydrogens is 372 g/mol. The normalized spacial score (nSPS) is 11.8. The minimum atomic E-state index is 0.0281. The topological polar surface area (TPSA) is 56.7 Å². The smallest absolute Gasteiger partial charge is 0.253 e. The first-order valence-electron chi connectivity index (χ1n) is 10.7. The maximum Gasteiger partial charge on any atom is 0.253 e. The highest BCUT2D eigenvalue weighted by Crippen LogP contribution is 2.22. The number of hydrogen-bond acceptors (Lipinski definition) is 2. The van der Waals surface area contributed by atoms with Crippen LogP contribution in [0.2, 0.25) is 0 Å². The molecule has 0 saturated heterocycles. The van der Waals surface area contributed by atoms with Gasteiger partial charge in [-0.1, -0.05) is 56.3 Å². The summed E-state index contributed by atoms with van der Waals surface area (Å²) in [4.78, 5) is 18.6. The first-order chi connectivity index (χ1) is 14.3. The molecule has 0 atom stereocenters. The summed E-state index contributed by atoms with van der Waals surface area (Å²) >= 11 is 0. The quantitative estimate of drug-likeness (QED) is 0.491. The Hall–Kier alpha value is -2.82. The number of carbonyl (C=O) groups excluding carboxylic acids is 1. The molecule has 2 rings (SSSR count). The lowest BCUT2D eigenvalue weighted by Gasteiger charge is -2.23. The second kappa shape index (κ2) is 11.4. The summed E-state index contributed by atoms with van der Waals surface area (Å²) in [5.74, 6) is 0.861. The average Bonchev–Trinajstić information content (AvgIpc) is 2.72. The van der Waals surface area contributed by atoms with E-state index in [1.165, 1.54) is 5.56 Å². The number of nitrogens with zero attached hydrogens (tertiary/aromatic N) is 2. The van der Waals surface area contributed by atoms with Crippen molar-refractivity contribution in [2.45, 2.75) is 33.6 Å². The zero-order chi connectivity index (χ0) is 22.0. The molecule has 0 unspecified atom stereocenters. The Morgan fingerprint density at radius 1 is 1.00 bits per heavy atom. The molecule has 0 aliphatic rings. The Labute approximate surface area is 181 Å². The Kier molecular flexibility index (Phi) is 8.90. The van der Waals surface area contributed by atoms with Gasteiger partial charge in [0.15, 0.2) is 5.96 Å². The van der Waals surface area contributed by atoms with Gasteiger partial charge in [-0.05, 0) is 48.4 Å². The zero-order valence-corrected chi connectivity index (χ0v) is 19.0. The lowest BCUT2D eigenvalue weighted by molar-refractivity contribution is 0.0827. The molecule has 0 saturated carbocycles. The molecular formula is C25H36N4O. The van der Waals surface area contributed by atoms with E-state index in [0.717, 1.165) is 49.6 Å². The van der Waals surface area contributed by atoms with Gasteiger partial charge in [0.25, 0.3) is 5.91 Å². The van der Waals surface area contributed by atoms with Crippen molar-refractivity contribution in [1.82, 2.24) is 15.5 Å². The summed E-state index contributed by atoms with van der Waals surface area (Å²) in [5.41, 5.74) is 3.27. The lowest BCUT2D eigenvalue weighted by Crippen LogP contribution is -2.39. The van der Waals surface area contributed by atoms with E-state index in [1.807, 2.05) is 24.3 Å². The highest BCUT2D eigenvalue weighted by Gasteiger charge is 2.18. The monoisotopic (exact) mass is 408 g/mol. The lowest BCUT2D eigenvalue weighted by atomic mass is 9.86. The third-order valence-corrected chi connectivity index (χ3v) is 4.82. The van der Waals surface area contributed by atoms with E-state index >= 15 is 0 Å². The van der Waals surface area contributed by atoms with E-state index in [2.05, 4.69) is 61.7 Å². The zero-order valence-electron chi connectivity index (χ0n) is 19.0. The van der Waals surface area contributed by atoms with Crippen LogP contribution in [0.5, 0.6) is 0 Å². The van der Waals surface area contributed by atoms with Crippen LogP contribution in [0.3, 0.4) is 0 Å². The number of guanidine groups is 1. The van der Waals surface area contributed by atoms with E-state index < -0.39 is 0 Å². The van der Waals surface area contributed by atoms with Crippen LogP contribution < -0.4 is 10.6 Å². The number of benzene rings is 2. The van der Waals surface area contributed by atoms with Crippen LogP contribution in [0.25, 0.3) is 0 Å². The minimum absolute atomic E-state index is 0.0281. The summed E-state index contributed by atoms with van der Waals surface area (Å²) < 4.78 is 0. The Morgan fingerprint density at radius 3 is 2.37 bits per heavy atom. The van der Waals surface area contributed by atoms with Crippen molar-refractivity contribution in [1.29, 1.82) is 0 Å². The fourth-order valence-corrected chi connectivity index (χ4v) is 3.28. The van der Waals surface area contributed by atoms with Crippen molar-refractivity contribution in [3.8, 4) is 0 Å². The van der Waals surface area contributed by atoms with Crippen molar-refractivity contribution in [3.05, 3.63) is 71.3 Å². The summed E-state index contributed by atoms with van der Waals surface area (Å²) in [6.07, 6.45) is 1.82. The van der Waals surface area contributed by atoms with Crippen LogP contribution in [-0.2, 0) is 12.8 Å². The van der Waals surface area contributed by atoms with Crippen LogP contribution in [0.15, 0.2) is 59.6 Å². The molecule has 5 nitrogen and oxygen atoms in total. The molecule has 0 radical (unpaired) electrons. The second-order valence-corrected chi connectivity index (χ2v) is 8.60. The molecule has 162 valence electrons. The Balaban J connectivity index is 1.92. The number of aliphatic imine (C=N–C) groups is 1. The fraction of sp³-hybridized carbons (Fsp3) is 0.440. The highest BCUT2D eigenvalue weighted by molar-refractivity contribution is 5.94. The van der Waals surface area contributed by atoms with Gasteiger partial charge >= 0.3 is 0 Å². The molecule has 2 N–H and O–H groups in total. The van der Waals surface area contributed by atoms with Gasteiger partial charge in [0.1, 0.15) is 0 Å². The maximum absolute atomic E-state index is 12.2. The Bertz CT molecular complexity index is 828. The molecule has 2 aromatic rings. The molecule has 0 heterocycles. The first kappa shape index (κ1) is 23.5. The predicted molar refractivity (Wildman–Crippen MR) is 126 cm³/mol. The molecule has 0 aromatic heterocycles. The molecule has 1 amide bonds. The van der Waals surface area contributed by atoms with Crippen molar-refractivity contribution in [2.24, 2.45) is 10.4 Å². The van der Waals surface area contributed by atoms with E-state index in [9.17, 15) is 4.79 Å². The minimum Gasteiger partial charge on any atom is -0.357 e. The van der Waals surface area contributed by atoms with Crippen LogP contribution >= 0.6 is 0 Å². The number of carbonyl (C=O) groups is 1. The standard InChI is InChI=1S/C25H36N4O/c1-6-26-24(28-19-25(2,3)18-21-11-8-7-9-12-21)27-16-15-20-13-10-14-22(17-20)23(30)29(4)5/h7-14,17H,6,15-16,18-19H2,1-5H3,(H2,26,27,28). The fourth-order valence-electron chi connectivity index (χ4n) is 3.28. The van der Waals surface area contributed by atoms with E-state index in [0.29, 0.717) is 0 Å². The van der Waals surface area contributed by atoms with Crippen molar-refractivity contribution in [2.75, 3.05) is 33.7 Å². The van der Waals surface area contributed by atoms with Gasteiger partial charge in [-0.15, -0.1) is 0 Å². The van der Waals surface area contributed by atoms with Gasteiger partial charge in [-0.3, -0.25) is 9.79 Å². The van der Waals surface area contributed by atoms with E-state index in [-0.39, 0.29) is 11.3 Å².